The van der Waals surface area contributed by atoms with Crippen LogP contribution in [0.3, 0.4) is 0 Å². The lowest BCUT2D eigenvalue weighted by atomic mass is 9.90. The Morgan fingerprint density at radius 1 is 0.885 bits per heavy atom. The standard InChI is InChI=1S/C18H16ClF3N2O2/c1-17(2,16(26)24-14-6-4-3-5-13(14)19)15(25)23-12-9-7-11(8-10-12)18(20,21)22/h3-10H,1-2H3,(H,23,25)(H,24,26). The van der Waals surface area contributed by atoms with Crippen molar-refractivity contribution in [3.63, 3.8) is 0 Å². The minimum absolute atomic E-state index is 0.154. The molecule has 0 aliphatic heterocycles. The van der Waals surface area contributed by atoms with E-state index in [1.54, 1.807) is 24.3 Å². The van der Waals surface area contributed by atoms with E-state index < -0.39 is 29.0 Å². The lowest BCUT2D eigenvalue weighted by Crippen LogP contribution is -2.41. The molecule has 0 saturated heterocycles. The van der Waals surface area contributed by atoms with Crippen LogP contribution in [0.15, 0.2) is 48.5 Å². The van der Waals surface area contributed by atoms with Gasteiger partial charge in [-0.2, -0.15) is 13.2 Å². The summed E-state index contributed by atoms with van der Waals surface area (Å²) in [5.41, 5.74) is -1.80. The summed E-state index contributed by atoms with van der Waals surface area (Å²) in [5.74, 6) is -1.27. The monoisotopic (exact) mass is 384 g/mol. The number of anilines is 2. The van der Waals surface area contributed by atoms with E-state index in [-0.39, 0.29) is 5.69 Å². The van der Waals surface area contributed by atoms with E-state index in [1.807, 2.05) is 0 Å². The molecule has 0 spiro atoms. The Morgan fingerprint density at radius 3 is 1.96 bits per heavy atom. The van der Waals surface area contributed by atoms with Crippen LogP contribution in [0.1, 0.15) is 19.4 Å². The molecular formula is C18H16ClF3N2O2. The van der Waals surface area contributed by atoms with Crippen molar-refractivity contribution in [1.82, 2.24) is 0 Å². The van der Waals surface area contributed by atoms with Gasteiger partial charge in [-0.25, -0.2) is 0 Å². The average Bonchev–Trinajstić information content (AvgIpc) is 2.56. The van der Waals surface area contributed by atoms with Crippen molar-refractivity contribution < 1.29 is 22.8 Å². The molecule has 2 aromatic carbocycles. The molecule has 0 unspecified atom stereocenters. The third-order valence-electron chi connectivity index (χ3n) is 3.73. The van der Waals surface area contributed by atoms with Crippen LogP contribution in [0.4, 0.5) is 24.5 Å². The highest BCUT2D eigenvalue weighted by Crippen LogP contribution is 2.30. The van der Waals surface area contributed by atoms with Crippen LogP contribution >= 0.6 is 11.6 Å². The highest BCUT2D eigenvalue weighted by Gasteiger charge is 2.36. The third-order valence-corrected chi connectivity index (χ3v) is 4.06. The Morgan fingerprint density at radius 2 is 1.42 bits per heavy atom. The molecule has 8 heteroatoms. The highest BCUT2D eigenvalue weighted by atomic mass is 35.5. The van der Waals surface area contributed by atoms with Crippen molar-refractivity contribution in [2.75, 3.05) is 10.6 Å². The van der Waals surface area contributed by atoms with E-state index in [9.17, 15) is 22.8 Å². The zero-order valence-corrected chi connectivity index (χ0v) is 14.7. The van der Waals surface area contributed by atoms with Crippen molar-refractivity contribution in [1.29, 1.82) is 0 Å². The minimum atomic E-state index is -4.46. The van der Waals surface area contributed by atoms with Crippen LogP contribution in [0, 0.1) is 5.41 Å². The fourth-order valence-corrected chi connectivity index (χ4v) is 2.16. The maximum absolute atomic E-state index is 12.6. The number of nitrogens with one attached hydrogen (secondary N) is 2. The normalized spacial score (nSPS) is 11.8. The van der Waals surface area contributed by atoms with Gasteiger partial charge >= 0.3 is 6.18 Å². The largest absolute Gasteiger partial charge is 0.416 e. The number of benzene rings is 2. The predicted octanol–water partition coefficient (Wildman–Crippen LogP) is 4.96. The molecule has 0 fully saturated rings. The average molecular weight is 385 g/mol. The second-order valence-electron chi connectivity index (χ2n) is 6.09. The summed E-state index contributed by atoms with van der Waals surface area (Å²) >= 11 is 5.97. The van der Waals surface area contributed by atoms with Gasteiger partial charge in [-0.15, -0.1) is 0 Å². The number of alkyl halides is 3. The lowest BCUT2D eigenvalue weighted by molar-refractivity contribution is -0.137. The van der Waals surface area contributed by atoms with Gasteiger partial charge in [0.15, 0.2) is 0 Å². The second kappa shape index (κ2) is 7.37. The number of carbonyl (C=O) groups is 2. The molecule has 0 aliphatic rings. The topological polar surface area (TPSA) is 58.2 Å². The maximum Gasteiger partial charge on any atom is 0.416 e. The molecule has 0 radical (unpaired) electrons. The molecule has 0 heterocycles. The smallest absolute Gasteiger partial charge is 0.325 e. The summed E-state index contributed by atoms with van der Waals surface area (Å²) in [4.78, 5) is 24.8. The molecule has 0 atom stereocenters. The molecule has 26 heavy (non-hydrogen) atoms. The molecule has 2 rings (SSSR count). The second-order valence-corrected chi connectivity index (χ2v) is 6.50. The zero-order valence-electron chi connectivity index (χ0n) is 13.9. The molecular weight excluding hydrogens is 369 g/mol. The van der Waals surface area contributed by atoms with Gasteiger partial charge in [0.05, 0.1) is 16.3 Å². The van der Waals surface area contributed by atoms with Crippen LogP contribution in [-0.2, 0) is 15.8 Å². The molecule has 0 aliphatic carbocycles. The van der Waals surface area contributed by atoms with Crippen LogP contribution < -0.4 is 10.6 Å². The van der Waals surface area contributed by atoms with E-state index in [0.29, 0.717) is 10.7 Å². The first-order valence-corrected chi connectivity index (χ1v) is 7.94. The highest BCUT2D eigenvalue weighted by molar-refractivity contribution is 6.34. The van der Waals surface area contributed by atoms with Crippen LogP contribution in [-0.4, -0.2) is 11.8 Å². The first kappa shape index (κ1) is 19.8. The van der Waals surface area contributed by atoms with Crippen LogP contribution in [0.2, 0.25) is 5.02 Å². The van der Waals surface area contributed by atoms with E-state index >= 15 is 0 Å². The Balaban J connectivity index is 2.09. The van der Waals surface area contributed by atoms with Gasteiger partial charge in [0.25, 0.3) is 0 Å². The van der Waals surface area contributed by atoms with E-state index in [4.69, 9.17) is 11.6 Å². The Labute approximate surface area is 153 Å². The fourth-order valence-electron chi connectivity index (χ4n) is 1.97. The quantitative estimate of drug-likeness (QED) is 0.732. The molecule has 2 N–H and O–H groups in total. The van der Waals surface area contributed by atoms with Gasteiger partial charge in [0.2, 0.25) is 11.8 Å². The van der Waals surface area contributed by atoms with Crippen molar-refractivity contribution in [2.24, 2.45) is 5.41 Å². The molecule has 0 saturated carbocycles. The number of hydrogen-bond acceptors (Lipinski definition) is 2. The van der Waals surface area contributed by atoms with Crippen LogP contribution in [0.5, 0.6) is 0 Å². The fraction of sp³-hybridized carbons (Fsp3) is 0.222. The third kappa shape index (κ3) is 4.54. The van der Waals surface area contributed by atoms with Crippen molar-refractivity contribution >= 4 is 34.8 Å². The number of para-hydroxylation sites is 1. The summed E-state index contributed by atoms with van der Waals surface area (Å²) in [6.07, 6.45) is -4.46. The van der Waals surface area contributed by atoms with Crippen LogP contribution in [0.25, 0.3) is 0 Å². The van der Waals surface area contributed by atoms with E-state index in [0.717, 1.165) is 24.3 Å². The summed E-state index contributed by atoms with van der Waals surface area (Å²) < 4.78 is 37.7. The van der Waals surface area contributed by atoms with Gasteiger partial charge in [0.1, 0.15) is 5.41 Å². The van der Waals surface area contributed by atoms with Gasteiger partial charge in [-0.3, -0.25) is 9.59 Å². The van der Waals surface area contributed by atoms with Crippen molar-refractivity contribution in [2.45, 2.75) is 20.0 Å². The lowest BCUT2D eigenvalue weighted by Gasteiger charge is -2.23. The Kier molecular flexibility index (Phi) is 5.61. The zero-order chi connectivity index (χ0) is 19.5. The van der Waals surface area contributed by atoms with E-state index in [1.165, 1.54) is 13.8 Å². The van der Waals surface area contributed by atoms with Gasteiger partial charge in [-0.05, 0) is 50.2 Å². The number of halogens is 4. The Bertz CT molecular complexity index is 818. The van der Waals surface area contributed by atoms with E-state index in [2.05, 4.69) is 10.6 Å². The number of carbonyl (C=O) groups excluding carboxylic acids is 2. The number of amides is 2. The van der Waals surface area contributed by atoms with Crippen molar-refractivity contribution in [3.05, 3.63) is 59.1 Å². The molecule has 138 valence electrons. The number of rotatable bonds is 4. The summed E-state index contributed by atoms with van der Waals surface area (Å²) in [6, 6.07) is 10.5. The number of hydrogen-bond donors (Lipinski definition) is 2. The van der Waals surface area contributed by atoms with Gasteiger partial charge in [0, 0.05) is 5.69 Å². The molecule has 0 bridgehead atoms. The van der Waals surface area contributed by atoms with Gasteiger partial charge < -0.3 is 10.6 Å². The molecule has 0 aromatic heterocycles. The Hall–Kier alpha value is -2.54. The SMILES string of the molecule is CC(C)(C(=O)Nc1ccc(C(F)(F)F)cc1)C(=O)Nc1ccccc1Cl. The summed E-state index contributed by atoms with van der Waals surface area (Å²) in [7, 11) is 0. The minimum Gasteiger partial charge on any atom is -0.325 e. The molecule has 4 nitrogen and oxygen atoms in total. The maximum atomic E-state index is 12.6. The molecule has 2 amide bonds. The van der Waals surface area contributed by atoms with Crippen molar-refractivity contribution in [3.8, 4) is 0 Å². The first-order valence-electron chi connectivity index (χ1n) is 7.56. The summed E-state index contributed by atoms with van der Waals surface area (Å²) in [6.45, 7) is 2.80. The molecule has 2 aromatic rings. The predicted molar refractivity (Wildman–Crippen MR) is 93.9 cm³/mol. The first-order chi connectivity index (χ1) is 12.0. The van der Waals surface area contributed by atoms with Gasteiger partial charge in [-0.1, -0.05) is 23.7 Å². The summed E-state index contributed by atoms with van der Waals surface area (Å²) in [5, 5.41) is 5.33.